The third-order valence-corrected chi connectivity index (χ3v) is 5.54. The average Bonchev–Trinajstić information content (AvgIpc) is 3.06. The Morgan fingerprint density at radius 1 is 1.26 bits per heavy atom. The minimum atomic E-state index is -0.996. The van der Waals surface area contributed by atoms with E-state index in [1.807, 2.05) is 36.4 Å². The maximum Gasteiger partial charge on any atom is 0.355 e. The predicted molar refractivity (Wildman–Crippen MR) is 103 cm³/mol. The third kappa shape index (κ3) is 2.82. The highest BCUT2D eigenvalue weighted by molar-refractivity contribution is 6.40. The molecule has 0 aromatic heterocycles. The first-order valence-corrected chi connectivity index (χ1v) is 9.34. The van der Waals surface area contributed by atoms with Crippen LogP contribution in [0.25, 0.3) is 0 Å². The summed E-state index contributed by atoms with van der Waals surface area (Å²) in [6.07, 6.45) is 1.27. The van der Waals surface area contributed by atoms with Crippen molar-refractivity contribution in [1.29, 1.82) is 0 Å². The molecule has 138 valence electrons. The van der Waals surface area contributed by atoms with Crippen LogP contribution in [0.2, 0.25) is 5.02 Å². The molecule has 0 amide bonds. The lowest BCUT2D eigenvalue weighted by molar-refractivity contribution is -0.135. The number of halogens is 1. The lowest BCUT2D eigenvalue weighted by Crippen LogP contribution is -2.55. The maximum absolute atomic E-state index is 13.5. The van der Waals surface area contributed by atoms with Crippen molar-refractivity contribution in [1.82, 2.24) is 5.43 Å². The second-order valence-electron chi connectivity index (χ2n) is 6.77. The number of carbonyl (C=O) groups excluding carboxylic acids is 2. The molecule has 6 heteroatoms. The van der Waals surface area contributed by atoms with Crippen LogP contribution in [0.5, 0.6) is 0 Å². The van der Waals surface area contributed by atoms with Gasteiger partial charge in [0.05, 0.1) is 12.5 Å². The number of fused-ring (bicyclic) bond motifs is 1. The molecule has 2 aromatic rings. The van der Waals surface area contributed by atoms with Gasteiger partial charge in [-0.3, -0.25) is 10.2 Å². The number of Topliss-reactive ketones (excluding diaryl/α,β-unsaturated/α-hetero) is 1. The van der Waals surface area contributed by atoms with Gasteiger partial charge in [-0.15, -0.1) is 0 Å². The smallest absolute Gasteiger partial charge is 0.355 e. The van der Waals surface area contributed by atoms with Gasteiger partial charge in [0, 0.05) is 10.6 Å². The van der Waals surface area contributed by atoms with Crippen molar-refractivity contribution in [3.63, 3.8) is 0 Å². The van der Waals surface area contributed by atoms with Crippen molar-refractivity contribution in [2.45, 2.75) is 31.2 Å². The number of esters is 1. The zero-order valence-corrected chi connectivity index (χ0v) is 15.6. The van der Waals surface area contributed by atoms with Crippen LogP contribution in [0.3, 0.4) is 0 Å². The van der Waals surface area contributed by atoms with Crippen LogP contribution in [0, 0.1) is 0 Å². The molecule has 2 aromatic carbocycles. The van der Waals surface area contributed by atoms with E-state index < -0.39 is 17.4 Å². The molecule has 0 saturated heterocycles. The normalized spacial score (nSPS) is 23.6. The zero-order chi connectivity index (χ0) is 19.0. The van der Waals surface area contributed by atoms with Crippen LogP contribution in [0.1, 0.15) is 40.7 Å². The van der Waals surface area contributed by atoms with Gasteiger partial charge < -0.3 is 4.74 Å². The van der Waals surface area contributed by atoms with E-state index in [1.165, 1.54) is 0 Å². The fourth-order valence-electron chi connectivity index (χ4n) is 4.02. The Bertz CT molecular complexity index is 939. The molecular formula is C21H19ClN2O3. The summed E-state index contributed by atoms with van der Waals surface area (Å²) in [7, 11) is 0. The molecular weight excluding hydrogens is 364 g/mol. The lowest BCUT2D eigenvalue weighted by Gasteiger charge is -2.37. The van der Waals surface area contributed by atoms with E-state index in [9.17, 15) is 9.59 Å². The molecule has 1 heterocycles. The topological polar surface area (TPSA) is 67.8 Å². The van der Waals surface area contributed by atoms with Crippen molar-refractivity contribution >= 4 is 29.1 Å². The summed E-state index contributed by atoms with van der Waals surface area (Å²) in [5.41, 5.74) is 4.76. The van der Waals surface area contributed by atoms with Gasteiger partial charge in [-0.05, 0) is 43.0 Å². The van der Waals surface area contributed by atoms with Crippen LogP contribution in [0.15, 0.2) is 53.6 Å². The summed E-state index contributed by atoms with van der Waals surface area (Å²) in [6, 6.07) is 14.8. The van der Waals surface area contributed by atoms with Crippen molar-refractivity contribution < 1.29 is 14.3 Å². The number of benzene rings is 2. The summed E-state index contributed by atoms with van der Waals surface area (Å²) < 4.78 is 5.19. The van der Waals surface area contributed by atoms with Crippen LogP contribution < -0.4 is 5.43 Å². The van der Waals surface area contributed by atoms with Gasteiger partial charge in [-0.1, -0.05) is 48.0 Å². The highest BCUT2D eigenvalue weighted by Gasteiger charge is 2.56. The highest BCUT2D eigenvalue weighted by atomic mass is 35.5. The number of nitrogens with one attached hydrogen (secondary N) is 1. The first kappa shape index (κ1) is 17.7. The Labute approximate surface area is 162 Å². The van der Waals surface area contributed by atoms with Crippen LogP contribution in [0.4, 0.5) is 0 Å². The first-order valence-electron chi connectivity index (χ1n) is 8.97. The minimum absolute atomic E-state index is 0.0488. The first-order chi connectivity index (χ1) is 13.1. The minimum Gasteiger partial charge on any atom is -0.461 e. The molecule has 4 rings (SSSR count). The van der Waals surface area contributed by atoms with Crippen molar-refractivity contribution in [2.24, 2.45) is 5.10 Å². The van der Waals surface area contributed by atoms with E-state index in [4.69, 9.17) is 16.3 Å². The fraction of sp³-hybridized carbons (Fsp3) is 0.286. The van der Waals surface area contributed by atoms with E-state index in [0.29, 0.717) is 17.0 Å². The predicted octanol–water partition coefficient (Wildman–Crippen LogP) is 3.51. The molecule has 27 heavy (non-hydrogen) atoms. The largest absolute Gasteiger partial charge is 0.461 e. The Balaban J connectivity index is 1.82. The molecule has 1 N–H and O–H groups in total. The SMILES string of the molecule is CCOC(=O)C1=NN[C@]2(CCc3ccccc3C2=O)[C@H]1c1ccc(Cl)cc1. The summed E-state index contributed by atoms with van der Waals surface area (Å²) >= 11 is 6.04. The number of aryl methyl sites for hydroxylation is 1. The van der Waals surface area contributed by atoms with E-state index >= 15 is 0 Å². The molecule has 1 aliphatic heterocycles. The molecule has 5 nitrogen and oxygen atoms in total. The highest BCUT2D eigenvalue weighted by Crippen LogP contribution is 2.43. The number of ketones is 1. The number of carbonyl (C=O) groups is 2. The summed E-state index contributed by atoms with van der Waals surface area (Å²) in [6.45, 7) is 1.99. The quantitative estimate of drug-likeness (QED) is 0.825. The van der Waals surface area contributed by atoms with Crippen LogP contribution >= 0.6 is 11.6 Å². The van der Waals surface area contributed by atoms with Crippen LogP contribution in [-0.4, -0.2) is 29.6 Å². The van der Waals surface area contributed by atoms with Gasteiger partial charge in [0.2, 0.25) is 0 Å². The summed E-state index contributed by atoms with van der Waals surface area (Å²) in [5.74, 6) is -1.09. The average molecular weight is 383 g/mol. The Morgan fingerprint density at radius 3 is 2.74 bits per heavy atom. The summed E-state index contributed by atoms with van der Waals surface area (Å²) in [5, 5.41) is 4.86. The van der Waals surface area contributed by atoms with E-state index in [2.05, 4.69) is 10.5 Å². The number of hydrogen-bond donors (Lipinski definition) is 1. The van der Waals surface area contributed by atoms with E-state index in [-0.39, 0.29) is 18.1 Å². The van der Waals surface area contributed by atoms with E-state index in [1.54, 1.807) is 19.1 Å². The third-order valence-electron chi connectivity index (χ3n) is 5.29. The van der Waals surface area contributed by atoms with Gasteiger partial charge in [0.25, 0.3) is 0 Å². The van der Waals surface area contributed by atoms with Crippen molar-refractivity contribution in [3.05, 3.63) is 70.2 Å². The zero-order valence-electron chi connectivity index (χ0n) is 14.9. The second-order valence-corrected chi connectivity index (χ2v) is 7.21. The fourth-order valence-corrected chi connectivity index (χ4v) is 4.14. The number of nitrogens with zero attached hydrogens (tertiary/aromatic N) is 1. The van der Waals surface area contributed by atoms with Gasteiger partial charge in [-0.25, -0.2) is 4.79 Å². The maximum atomic E-state index is 13.5. The molecule has 0 fully saturated rings. The Morgan fingerprint density at radius 2 is 2.00 bits per heavy atom. The molecule has 0 radical (unpaired) electrons. The van der Waals surface area contributed by atoms with Gasteiger partial charge in [0.15, 0.2) is 11.5 Å². The number of rotatable bonds is 3. The molecule has 0 saturated carbocycles. The van der Waals surface area contributed by atoms with Gasteiger partial charge in [-0.2, -0.15) is 5.10 Å². The van der Waals surface area contributed by atoms with Crippen LogP contribution in [-0.2, 0) is 16.0 Å². The lowest BCUT2D eigenvalue weighted by atomic mass is 9.67. The second kappa shape index (κ2) is 6.82. The molecule has 1 aliphatic carbocycles. The van der Waals surface area contributed by atoms with Crippen molar-refractivity contribution in [3.8, 4) is 0 Å². The molecule has 0 unspecified atom stereocenters. The number of hydrazone groups is 1. The number of hydrogen-bond acceptors (Lipinski definition) is 5. The standard InChI is InChI=1S/C21H19ClN2O3/c1-2-27-20(26)18-17(14-7-9-15(22)10-8-14)21(24-23-18)12-11-13-5-3-4-6-16(13)19(21)25/h3-10,17,24H,2,11-12H2,1H3/t17-,21+/m0/s1. The van der Waals surface area contributed by atoms with Gasteiger partial charge in [0.1, 0.15) is 5.54 Å². The Kier molecular flexibility index (Phi) is 4.48. The van der Waals surface area contributed by atoms with E-state index in [0.717, 1.165) is 17.5 Å². The molecule has 0 bridgehead atoms. The Hall–Kier alpha value is -2.66. The monoisotopic (exact) mass is 382 g/mol. The van der Waals surface area contributed by atoms with Crippen molar-refractivity contribution in [2.75, 3.05) is 6.61 Å². The molecule has 1 spiro atoms. The molecule has 2 atom stereocenters. The molecule has 2 aliphatic rings. The number of ether oxygens (including phenoxy) is 1. The summed E-state index contributed by atoms with van der Waals surface area (Å²) in [4.78, 5) is 26.0. The van der Waals surface area contributed by atoms with Gasteiger partial charge >= 0.3 is 5.97 Å².